The maximum absolute atomic E-state index is 3.54. The first-order chi connectivity index (χ1) is 8.84. The summed E-state index contributed by atoms with van der Waals surface area (Å²) in [6.07, 6.45) is 11.7. The molecule has 0 bridgehead atoms. The molecule has 0 amide bonds. The molecule has 1 saturated carbocycles. The van der Waals surface area contributed by atoms with Gasteiger partial charge in [-0.05, 0) is 36.3 Å². The van der Waals surface area contributed by atoms with Gasteiger partial charge in [0.05, 0.1) is 0 Å². The third kappa shape index (κ3) is 5.36. The molecule has 1 fully saturated rings. The van der Waals surface area contributed by atoms with Crippen LogP contribution in [-0.4, -0.2) is 5.75 Å². The molecule has 18 heavy (non-hydrogen) atoms. The van der Waals surface area contributed by atoms with Crippen molar-refractivity contribution in [3.63, 3.8) is 0 Å². The SMILES string of the molecule is Brc1cccc(SCCC2CCCCCCC2)c1. The Labute approximate surface area is 124 Å². The van der Waals surface area contributed by atoms with Gasteiger partial charge in [-0.1, -0.05) is 66.9 Å². The summed E-state index contributed by atoms with van der Waals surface area (Å²) < 4.78 is 1.19. The van der Waals surface area contributed by atoms with E-state index >= 15 is 0 Å². The minimum Gasteiger partial charge on any atom is -0.126 e. The van der Waals surface area contributed by atoms with Crippen LogP contribution in [0.2, 0.25) is 0 Å². The van der Waals surface area contributed by atoms with E-state index in [4.69, 9.17) is 0 Å². The Balaban J connectivity index is 1.70. The van der Waals surface area contributed by atoms with Crippen LogP contribution in [0.15, 0.2) is 33.6 Å². The molecule has 0 heterocycles. The van der Waals surface area contributed by atoms with Gasteiger partial charge >= 0.3 is 0 Å². The van der Waals surface area contributed by atoms with Crippen molar-refractivity contribution in [2.45, 2.75) is 56.3 Å². The van der Waals surface area contributed by atoms with Gasteiger partial charge in [0, 0.05) is 9.37 Å². The van der Waals surface area contributed by atoms with Crippen molar-refractivity contribution in [3.05, 3.63) is 28.7 Å². The Hall–Kier alpha value is 0.0500. The number of halogens is 1. The molecule has 0 nitrogen and oxygen atoms in total. The standard InChI is InChI=1S/C16H23BrS/c17-15-9-6-10-16(13-15)18-12-11-14-7-4-2-1-3-5-8-14/h6,9-10,13-14H,1-5,7-8,11-12H2. The average Bonchev–Trinajstić information content (AvgIpc) is 2.32. The lowest BCUT2D eigenvalue weighted by Gasteiger charge is -2.19. The van der Waals surface area contributed by atoms with Gasteiger partial charge in [0.25, 0.3) is 0 Å². The van der Waals surface area contributed by atoms with Crippen LogP contribution in [0.4, 0.5) is 0 Å². The van der Waals surface area contributed by atoms with Crippen LogP contribution in [0.5, 0.6) is 0 Å². The van der Waals surface area contributed by atoms with Crippen LogP contribution >= 0.6 is 27.7 Å². The van der Waals surface area contributed by atoms with Gasteiger partial charge in [-0.3, -0.25) is 0 Å². The second-order valence-corrected chi connectivity index (χ2v) is 7.39. The van der Waals surface area contributed by atoms with Gasteiger partial charge in [-0.25, -0.2) is 0 Å². The third-order valence-electron chi connectivity index (χ3n) is 3.82. The molecule has 0 atom stereocenters. The zero-order valence-corrected chi connectivity index (χ0v) is 13.4. The van der Waals surface area contributed by atoms with Gasteiger partial charge in [-0.15, -0.1) is 11.8 Å². The van der Waals surface area contributed by atoms with Crippen LogP contribution in [0.25, 0.3) is 0 Å². The topological polar surface area (TPSA) is 0 Å². The first-order valence-electron chi connectivity index (χ1n) is 7.23. The fraction of sp³-hybridized carbons (Fsp3) is 0.625. The van der Waals surface area contributed by atoms with Crippen molar-refractivity contribution in [1.82, 2.24) is 0 Å². The summed E-state index contributed by atoms with van der Waals surface area (Å²) in [5.74, 6) is 2.27. The monoisotopic (exact) mass is 326 g/mol. The molecule has 1 aromatic carbocycles. The molecule has 0 unspecified atom stereocenters. The summed E-state index contributed by atoms with van der Waals surface area (Å²) in [5, 5.41) is 0. The van der Waals surface area contributed by atoms with E-state index in [1.54, 1.807) is 0 Å². The Bertz CT molecular complexity index is 343. The van der Waals surface area contributed by atoms with E-state index in [0.29, 0.717) is 0 Å². The lowest BCUT2D eigenvalue weighted by atomic mass is 9.89. The Kier molecular flexibility index (Phi) is 6.64. The number of rotatable bonds is 4. The highest BCUT2D eigenvalue weighted by molar-refractivity contribution is 9.10. The Morgan fingerprint density at radius 3 is 2.50 bits per heavy atom. The van der Waals surface area contributed by atoms with Gasteiger partial charge in [0.1, 0.15) is 0 Å². The zero-order chi connectivity index (χ0) is 12.6. The van der Waals surface area contributed by atoms with Gasteiger partial charge < -0.3 is 0 Å². The molecule has 2 heteroatoms. The molecular formula is C16H23BrS. The van der Waals surface area contributed by atoms with Crippen molar-refractivity contribution in [3.8, 4) is 0 Å². The molecule has 0 aromatic heterocycles. The molecule has 0 saturated heterocycles. The predicted molar refractivity (Wildman–Crippen MR) is 85.3 cm³/mol. The Morgan fingerprint density at radius 2 is 1.78 bits per heavy atom. The van der Waals surface area contributed by atoms with Crippen molar-refractivity contribution < 1.29 is 0 Å². The molecule has 0 N–H and O–H groups in total. The molecule has 1 aromatic rings. The number of hydrogen-bond acceptors (Lipinski definition) is 1. The zero-order valence-electron chi connectivity index (χ0n) is 11.0. The van der Waals surface area contributed by atoms with E-state index in [0.717, 1.165) is 5.92 Å². The van der Waals surface area contributed by atoms with Crippen molar-refractivity contribution in [1.29, 1.82) is 0 Å². The highest BCUT2D eigenvalue weighted by Gasteiger charge is 2.11. The minimum atomic E-state index is 0.991. The third-order valence-corrected chi connectivity index (χ3v) is 5.34. The van der Waals surface area contributed by atoms with Gasteiger partial charge in [-0.2, -0.15) is 0 Å². The first kappa shape index (κ1) is 14.5. The molecular weight excluding hydrogens is 304 g/mol. The summed E-state index contributed by atoms with van der Waals surface area (Å²) in [7, 11) is 0. The molecule has 1 aliphatic carbocycles. The summed E-state index contributed by atoms with van der Waals surface area (Å²) in [5.41, 5.74) is 0. The molecule has 100 valence electrons. The van der Waals surface area contributed by atoms with Crippen LogP contribution in [-0.2, 0) is 0 Å². The van der Waals surface area contributed by atoms with Crippen molar-refractivity contribution >= 4 is 27.7 Å². The van der Waals surface area contributed by atoms with E-state index < -0.39 is 0 Å². The van der Waals surface area contributed by atoms with Crippen LogP contribution < -0.4 is 0 Å². The summed E-state index contributed by atoms with van der Waals surface area (Å²) >= 11 is 5.55. The summed E-state index contributed by atoms with van der Waals surface area (Å²) in [6.45, 7) is 0. The van der Waals surface area contributed by atoms with Crippen LogP contribution in [0, 0.1) is 5.92 Å². The van der Waals surface area contributed by atoms with Gasteiger partial charge in [0.2, 0.25) is 0 Å². The quantitative estimate of drug-likeness (QED) is 0.585. The predicted octanol–water partition coefficient (Wildman–Crippen LogP) is 6.29. The molecule has 1 aliphatic rings. The average molecular weight is 327 g/mol. The van der Waals surface area contributed by atoms with E-state index in [1.165, 1.54) is 66.5 Å². The summed E-state index contributed by atoms with van der Waals surface area (Å²) in [4.78, 5) is 1.40. The van der Waals surface area contributed by atoms with E-state index in [1.807, 2.05) is 11.8 Å². The summed E-state index contributed by atoms with van der Waals surface area (Å²) in [6, 6.07) is 8.66. The van der Waals surface area contributed by atoms with E-state index in [9.17, 15) is 0 Å². The van der Waals surface area contributed by atoms with Crippen molar-refractivity contribution in [2.24, 2.45) is 5.92 Å². The maximum atomic E-state index is 3.54. The van der Waals surface area contributed by atoms with Crippen molar-refractivity contribution in [2.75, 3.05) is 5.75 Å². The molecule has 2 rings (SSSR count). The maximum Gasteiger partial charge on any atom is 0.0186 e. The lowest BCUT2D eigenvalue weighted by molar-refractivity contribution is 0.371. The Morgan fingerprint density at radius 1 is 1.06 bits per heavy atom. The molecule has 0 aliphatic heterocycles. The number of thioether (sulfide) groups is 1. The highest BCUT2D eigenvalue weighted by atomic mass is 79.9. The van der Waals surface area contributed by atoms with Gasteiger partial charge in [0.15, 0.2) is 0 Å². The smallest absolute Gasteiger partial charge is 0.0186 e. The number of hydrogen-bond donors (Lipinski definition) is 0. The second-order valence-electron chi connectivity index (χ2n) is 5.31. The fourth-order valence-electron chi connectivity index (χ4n) is 2.73. The van der Waals surface area contributed by atoms with Crippen LogP contribution in [0.1, 0.15) is 51.4 Å². The normalized spacial score (nSPS) is 18.3. The van der Waals surface area contributed by atoms with E-state index in [-0.39, 0.29) is 0 Å². The molecule has 0 spiro atoms. The largest absolute Gasteiger partial charge is 0.126 e. The first-order valence-corrected chi connectivity index (χ1v) is 9.01. The number of benzene rings is 1. The fourth-order valence-corrected chi connectivity index (χ4v) is 4.35. The minimum absolute atomic E-state index is 0.991. The molecule has 0 radical (unpaired) electrons. The van der Waals surface area contributed by atoms with Crippen LogP contribution in [0.3, 0.4) is 0 Å². The second kappa shape index (κ2) is 8.27. The lowest BCUT2D eigenvalue weighted by Crippen LogP contribution is -2.04. The highest BCUT2D eigenvalue weighted by Crippen LogP contribution is 2.28. The van der Waals surface area contributed by atoms with E-state index in [2.05, 4.69) is 40.2 Å².